The zero-order valence-electron chi connectivity index (χ0n) is 9.31. The van der Waals surface area contributed by atoms with E-state index in [0.29, 0.717) is 11.4 Å². The molecule has 0 bridgehead atoms. The van der Waals surface area contributed by atoms with Gasteiger partial charge in [-0.15, -0.1) is 11.6 Å². The number of rotatable bonds is 4. The van der Waals surface area contributed by atoms with Gasteiger partial charge < -0.3 is 0 Å². The Morgan fingerprint density at radius 2 is 2.06 bits per heavy atom. The Morgan fingerprint density at radius 1 is 1.44 bits per heavy atom. The molecule has 0 saturated heterocycles. The Bertz CT molecular complexity index is 373. The Kier molecular flexibility index (Phi) is 5.02. The average molecular weight is 240 g/mol. The number of hydrogen-bond donors (Lipinski definition) is 0. The molecule has 0 fully saturated rings. The summed E-state index contributed by atoms with van der Waals surface area (Å²) in [6.45, 7) is 0. The van der Waals surface area contributed by atoms with Gasteiger partial charge >= 0.3 is 0 Å². The number of hydrogen-bond acceptors (Lipinski definition) is 2. The van der Waals surface area contributed by atoms with E-state index in [2.05, 4.69) is 0 Å². The molecule has 3 nitrogen and oxygen atoms in total. The second kappa shape index (κ2) is 6.30. The summed E-state index contributed by atoms with van der Waals surface area (Å²) >= 11 is 5.53. The lowest BCUT2D eigenvalue weighted by Crippen LogP contribution is -2.25. The lowest BCUT2D eigenvalue weighted by Gasteiger charge is -2.13. The van der Waals surface area contributed by atoms with Gasteiger partial charge in [-0.3, -0.25) is 9.63 Å². The van der Waals surface area contributed by atoms with Crippen LogP contribution in [0.2, 0.25) is 0 Å². The van der Waals surface area contributed by atoms with Crippen LogP contribution >= 0.6 is 11.6 Å². The van der Waals surface area contributed by atoms with E-state index in [-0.39, 0.29) is 5.91 Å². The van der Waals surface area contributed by atoms with Crippen LogP contribution in [-0.2, 0) is 4.84 Å². The summed E-state index contributed by atoms with van der Waals surface area (Å²) in [6, 6.07) is 7.23. The van der Waals surface area contributed by atoms with Gasteiger partial charge in [0.15, 0.2) is 0 Å². The van der Waals surface area contributed by atoms with Crippen molar-refractivity contribution in [3.63, 3.8) is 0 Å². The average Bonchev–Trinajstić information content (AvgIpc) is 2.35. The summed E-state index contributed by atoms with van der Waals surface area (Å²) < 4.78 is 0. The number of allylic oxidation sites excluding steroid dienone is 1. The number of hydroxylamine groups is 2. The second-order valence-electron chi connectivity index (χ2n) is 3.16. The number of alkyl halides is 1. The summed E-state index contributed by atoms with van der Waals surface area (Å²) in [5, 5.41) is 1.18. The van der Waals surface area contributed by atoms with Crippen LogP contribution in [0.25, 0.3) is 6.08 Å². The van der Waals surface area contributed by atoms with Crippen LogP contribution in [0.15, 0.2) is 30.3 Å². The van der Waals surface area contributed by atoms with Crippen LogP contribution in [-0.4, -0.2) is 31.0 Å². The van der Waals surface area contributed by atoms with Crippen LogP contribution in [0.5, 0.6) is 0 Å². The Hall–Kier alpha value is -1.32. The highest BCUT2D eigenvalue weighted by atomic mass is 35.5. The normalized spacial score (nSPS) is 10.7. The van der Waals surface area contributed by atoms with Crippen molar-refractivity contribution in [1.82, 2.24) is 5.06 Å². The van der Waals surface area contributed by atoms with Crippen LogP contribution in [0, 0.1) is 0 Å². The number of benzene rings is 1. The fourth-order valence-corrected chi connectivity index (χ4v) is 1.27. The van der Waals surface area contributed by atoms with Crippen molar-refractivity contribution in [2.24, 2.45) is 0 Å². The highest BCUT2D eigenvalue weighted by molar-refractivity contribution is 6.19. The predicted molar refractivity (Wildman–Crippen MR) is 65.3 cm³/mol. The van der Waals surface area contributed by atoms with E-state index in [0.717, 1.165) is 5.56 Å². The molecule has 0 atom stereocenters. The molecule has 86 valence electrons. The van der Waals surface area contributed by atoms with Crippen LogP contribution in [0.4, 0.5) is 0 Å². The minimum Gasteiger partial charge on any atom is -0.274 e. The lowest BCUT2D eigenvalue weighted by atomic mass is 10.1. The van der Waals surface area contributed by atoms with E-state index in [1.807, 2.05) is 24.3 Å². The van der Waals surface area contributed by atoms with Gasteiger partial charge in [-0.1, -0.05) is 24.3 Å². The first kappa shape index (κ1) is 12.7. The van der Waals surface area contributed by atoms with E-state index in [9.17, 15) is 4.79 Å². The van der Waals surface area contributed by atoms with E-state index >= 15 is 0 Å². The molecule has 0 aromatic heterocycles. The van der Waals surface area contributed by atoms with Gasteiger partial charge in [0.05, 0.1) is 7.11 Å². The van der Waals surface area contributed by atoms with Crippen LogP contribution < -0.4 is 0 Å². The highest BCUT2D eigenvalue weighted by Gasteiger charge is 2.09. The molecule has 0 saturated carbocycles. The third-order valence-electron chi connectivity index (χ3n) is 2.12. The van der Waals surface area contributed by atoms with Gasteiger partial charge in [0.1, 0.15) is 0 Å². The monoisotopic (exact) mass is 239 g/mol. The maximum atomic E-state index is 11.7. The summed E-state index contributed by atoms with van der Waals surface area (Å²) in [5.74, 6) is 0.308. The molecule has 0 radical (unpaired) electrons. The number of halogens is 1. The number of nitrogens with zero attached hydrogens (tertiary/aromatic N) is 1. The first-order valence-electron chi connectivity index (χ1n) is 4.83. The topological polar surface area (TPSA) is 29.5 Å². The maximum Gasteiger partial charge on any atom is 0.277 e. The molecule has 0 aliphatic rings. The number of carbonyl (C=O) groups excluding carboxylic acids is 1. The third-order valence-corrected chi connectivity index (χ3v) is 2.30. The van der Waals surface area contributed by atoms with Crippen molar-refractivity contribution < 1.29 is 9.63 Å². The van der Waals surface area contributed by atoms with E-state index in [1.54, 1.807) is 19.2 Å². The van der Waals surface area contributed by atoms with Crippen LogP contribution in [0.3, 0.4) is 0 Å². The van der Waals surface area contributed by atoms with Gasteiger partial charge in [0.2, 0.25) is 0 Å². The van der Waals surface area contributed by atoms with Gasteiger partial charge in [0, 0.05) is 18.5 Å². The molecule has 0 unspecified atom stereocenters. The molecular weight excluding hydrogens is 226 g/mol. The summed E-state index contributed by atoms with van der Waals surface area (Å²) in [4.78, 5) is 16.5. The maximum absolute atomic E-state index is 11.7. The van der Waals surface area contributed by atoms with Crippen LogP contribution in [0.1, 0.15) is 15.9 Å². The molecular formula is C12H14ClNO2. The Morgan fingerprint density at radius 3 is 2.56 bits per heavy atom. The molecule has 0 aliphatic heterocycles. The standard InChI is InChI=1S/C12H14ClNO2/c1-14(16-2)12(15)11-7-5-10(6-8-11)4-3-9-13/h3-8H,9H2,1-2H3/b4-3+. The Labute approximate surface area is 100 Å². The van der Waals surface area contributed by atoms with Gasteiger partial charge in [0.25, 0.3) is 5.91 Å². The first-order chi connectivity index (χ1) is 7.69. The molecule has 0 N–H and O–H groups in total. The minimum absolute atomic E-state index is 0.171. The van der Waals surface area contributed by atoms with E-state index in [4.69, 9.17) is 16.4 Å². The Balaban J connectivity index is 2.78. The molecule has 1 rings (SSSR count). The third kappa shape index (κ3) is 3.36. The fraction of sp³-hybridized carbons (Fsp3) is 0.250. The van der Waals surface area contributed by atoms with Crippen molar-refractivity contribution in [3.8, 4) is 0 Å². The molecule has 0 heterocycles. The minimum atomic E-state index is -0.171. The summed E-state index contributed by atoms with van der Waals surface area (Å²) in [6.07, 6.45) is 3.75. The molecule has 4 heteroatoms. The highest BCUT2D eigenvalue weighted by Crippen LogP contribution is 2.08. The SMILES string of the molecule is CON(C)C(=O)c1ccc(/C=C/CCl)cc1. The van der Waals surface area contributed by atoms with Gasteiger partial charge in [-0.05, 0) is 17.7 Å². The molecule has 1 amide bonds. The van der Waals surface area contributed by atoms with Crippen molar-refractivity contribution in [2.45, 2.75) is 0 Å². The zero-order valence-corrected chi connectivity index (χ0v) is 10.1. The van der Waals surface area contributed by atoms with Crippen molar-refractivity contribution in [2.75, 3.05) is 20.0 Å². The van der Waals surface area contributed by atoms with Gasteiger partial charge in [-0.2, -0.15) is 0 Å². The molecule has 16 heavy (non-hydrogen) atoms. The van der Waals surface area contributed by atoms with Crippen molar-refractivity contribution >= 4 is 23.6 Å². The van der Waals surface area contributed by atoms with E-state index < -0.39 is 0 Å². The first-order valence-corrected chi connectivity index (χ1v) is 5.37. The smallest absolute Gasteiger partial charge is 0.274 e. The molecule has 1 aromatic carbocycles. The predicted octanol–water partition coefficient (Wildman–Crippen LogP) is 2.57. The summed E-state index contributed by atoms with van der Waals surface area (Å²) in [5.41, 5.74) is 1.60. The molecule has 0 aliphatic carbocycles. The second-order valence-corrected chi connectivity index (χ2v) is 3.47. The van der Waals surface area contributed by atoms with Crippen molar-refractivity contribution in [1.29, 1.82) is 0 Å². The molecule has 1 aromatic rings. The largest absolute Gasteiger partial charge is 0.277 e. The fourth-order valence-electron chi connectivity index (χ4n) is 1.18. The molecule has 0 spiro atoms. The van der Waals surface area contributed by atoms with E-state index in [1.165, 1.54) is 12.2 Å². The number of carbonyl (C=O) groups is 1. The number of amides is 1. The van der Waals surface area contributed by atoms with Gasteiger partial charge in [-0.25, -0.2) is 5.06 Å². The quantitative estimate of drug-likeness (QED) is 0.597. The zero-order chi connectivity index (χ0) is 12.0. The van der Waals surface area contributed by atoms with Crippen molar-refractivity contribution in [3.05, 3.63) is 41.5 Å². The summed E-state index contributed by atoms with van der Waals surface area (Å²) in [7, 11) is 3.03. The lowest BCUT2D eigenvalue weighted by molar-refractivity contribution is -0.0756.